The molecule has 15 heavy (non-hydrogen) atoms. The highest BCUT2D eigenvalue weighted by Crippen LogP contribution is 2.40. The van der Waals surface area contributed by atoms with Crippen LogP contribution < -0.4 is 5.32 Å². The lowest BCUT2D eigenvalue weighted by Gasteiger charge is -2.17. The molecule has 0 aliphatic heterocycles. The molecule has 1 aromatic rings. The molecule has 1 saturated carbocycles. The van der Waals surface area contributed by atoms with Crippen molar-refractivity contribution >= 4 is 5.91 Å². The highest BCUT2D eigenvalue weighted by molar-refractivity contribution is 5.73. The fourth-order valence-corrected chi connectivity index (χ4v) is 1.90. The minimum absolute atomic E-state index is 0.0625. The average molecular weight is 203 g/mol. The summed E-state index contributed by atoms with van der Waals surface area (Å²) >= 11 is 0. The van der Waals surface area contributed by atoms with Crippen LogP contribution in [0.15, 0.2) is 24.3 Å². The Labute approximate surface area is 90.7 Å². The smallest absolute Gasteiger partial charge is 0.217 e. The van der Waals surface area contributed by atoms with Gasteiger partial charge in [-0.2, -0.15) is 0 Å². The first-order chi connectivity index (χ1) is 7.16. The molecule has 0 saturated heterocycles. The maximum atomic E-state index is 11.1. The summed E-state index contributed by atoms with van der Waals surface area (Å²) in [4.78, 5) is 11.1. The lowest BCUT2D eigenvalue weighted by molar-refractivity contribution is -0.119. The van der Waals surface area contributed by atoms with E-state index in [9.17, 15) is 4.79 Å². The minimum Gasteiger partial charge on any atom is -0.349 e. The largest absolute Gasteiger partial charge is 0.349 e. The summed E-state index contributed by atoms with van der Waals surface area (Å²) < 4.78 is 0. The molecule has 2 nitrogen and oxygen atoms in total. The van der Waals surface area contributed by atoms with Crippen molar-refractivity contribution in [3.8, 4) is 0 Å². The van der Waals surface area contributed by atoms with Gasteiger partial charge in [0.05, 0.1) is 6.04 Å². The lowest BCUT2D eigenvalue weighted by Crippen LogP contribution is -2.27. The van der Waals surface area contributed by atoms with Crippen molar-refractivity contribution in [3.05, 3.63) is 35.4 Å². The summed E-state index contributed by atoms with van der Waals surface area (Å²) in [6.07, 6.45) is 2.47. The molecule has 2 heteroatoms. The predicted octanol–water partition coefficient (Wildman–Crippen LogP) is 2.58. The number of carbonyl (C=O) groups excluding carboxylic acids is 1. The van der Waals surface area contributed by atoms with Crippen molar-refractivity contribution < 1.29 is 4.79 Å². The second kappa shape index (κ2) is 4.05. The number of nitrogens with one attached hydrogen (secondary N) is 1. The van der Waals surface area contributed by atoms with Gasteiger partial charge in [0.1, 0.15) is 0 Å². The summed E-state index contributed by atoms with van der Waals surface area (Å²) in [7, 11) is 0. The van der Waals surface area contributed by atoms with Gasteiger partial charge in [-0.15, -0.1) is 0 Å². The zero-order chi connectivity index (χ0) is 10.8. The number of benzene rings is 1. The van der Waals surface area contributed by atoms with Crippen molar-refractivity contribution in [1.29, 1.82) is 0 Å². The van der Waals surface area contributed by atoms with E-state index in [-0.39, 0.29) is 11.9 Å². The summed E-state index contributed by atoms with van der Waals surface area (Å²) in [5.74, 6) is 0.712. The predicted molar refractivity (Wildman–Crippen MR) is 60.5 cm³/mol. The Kier molecular flexibility index (Phi) is 2.76. The van der Waals surface area contributed by atoms with Crippen molar-refractivity contribution in [2.75, 3.05) is 0 Å². The maximum Gasteiger partial charge on any atom is 0.217 e. The number of carbonyl (C=O) groups is 1. The topological polar surface area (TPSA) is 29.1 Å². The lowest BCUT2D eigenvalue weighted by atomic mass is 10.0. The minimum atomic E-state index is 0.0625. The van der Waals surface area contributed by atoms with Gasteiger partial charge >= 0.3 is 0 Å². The van der Waals surface area contributed by atoms with Gasteiger partial charge in [-0.3, -0.25) is 4.79 Å². The third-order valence-corrected chi connectivity index (χ3v) is 2.89. The highest BCUT2D eigenvalue weighted by Gasteiger charge is 2.32. The molecule has 1 aromatic carbocycles. The van der Waals surface area contributed by atoms with Gasteiger partial charge in [0.25, 0.3) is 0 Å². The van der Waals surface area contributed by atoms with Crippen LogP contribution in [0, 0.1) is 12.8 Å². The first-order valence-electron chi connectivity index (χ1n) is 5.50. The summed E-state index contributed by atoms with van der Waals surface area (Å²) in [6.45, 7) is 3.66. The molecule has 0 heterocycles. The van der Waals surface area contributed by atoms with Crippen LogP contribution in [-0.2, 0) is 4.79 Å². The third kappa shape index (κ3) is 2.58. The Hall–Kier alpha value is -1.31. The molecule has 1 aliphatic carbocycles. The van der Waals surface area contributed by atoms with E-state index in [1.165, 1.54) is 24.0 Å². The molecule has 0 radical (unpaired) electrons. The molecular weight excluding hydrogens is 186 g/mol. The zero-order valence-electron chi connectivity index (χ0n) is 9.29. The monoisotopic (exact) mass is 203 g/mol. The SMILES string of the molecule is CC(=O)NC(c1ccc(C)cc1)C1CC1. The van der Waals surface area contributed by atoms with E-state index >= 15 is 0 Å². The molecular formula is C13H17NO. The molecule has 80 valence electrons. The van der Waals surface area contributed by atoms with E-state index in [1.807, 2.05) is 0 Å². The van der Waals surface area contributed by atoms with Crippen LogP contribution in [0.25, 0.3) is 0 Å². The average Bonchev–Trinajstić information content (AvgIpc) is 2.99. The number of rotatable bonds is 3. The van der Waals surface area contributed by atoms with Gasteiger partial charge in [0, 0.05) is 6.92 Å². The normalized spacial score (nSPS) is 17.2. The number of amides is 1. The van der Waals surface area contributed by atoms with Crippen molar-refractivity contribution in [3.63, 3.8) is 0 Å². The van der Waals surface area contributed by atoms with Crippen molar-refractivity contribution in [2.24, 2.45) is 5.92 Å². The van der Waals surface area contributed by atoms with Crippen molar-refractivity contribution in [1.82, 2.24) is 5.32 Å². The fraction of sp³-hybridized carbons (Fsp3) is 0.462. The van der Waals surface area contributed by atoms with E-state index in [4.69, 9.17) is 0 Å². The summed E-state index contributed by atoms with van der Waals surface area (Å²) in [6, 6.07) is 8.67. The Balaban J connectivity index is 2.16. The number of hydrogen-bond donors (Lipinski definition) is 1. The second-order valence-corrected chi connectivity index (χ2v) is 4.43. The maximum absolute atomic E-state index is 11.1. The molecule has 1 amide bonds. The molecule has 1 atom stereocenters. The van der Waals surface area contributed by atoms with Crippen LogP contribution >= 0.6 is 0 Å². The zero-order valence-corrected chi connectivity index (χ0v) is 9.29. The Bertz CT molecular complexity index is 351. The van der Waals surface area contributed by atoms with E-state index in [0.29, 0.717) is 5.92 Å². The van der Waals surface area contributed by atoms with Crippen LogP contribution in [-0.4, -0.2) is 5.91 Å². The van der Waals surface area contributed by atoms with Gasteiger partial charge in [-0.05, 0) is 31.2 Å². The van der Waals surface area contributed by atoms with Gasteiger partial charge in [0.15, 0.2) is 0 Å². The Morgan fingerprint density at radius 3 is 2.40 bits per heavy atom. The van der Waals surface area contributed by atoms with Gasteiger partial charge in [0.2, 0.25) is 5.91 Å². The molecule has 2 rings (SSSR count). The van der Waals surface area contributed by atoms with E-state index in [1.54, 1.807) is 6.92 Å². The fourth-order valence-electron chi connectivity index (χ4n) is 1.90. The van der Waals surface area contributed by atoms with Crippen LogP contribution in [0.5, 0.6) is 0 Å². The van der Waals surface area contributed by atoms with Crippen LogP contribution in [0.2, 0.25) is 0 Å². The molecule has 1 fully saturated rings. The number of hydrogen-bond acceptors (Lipinski definition) is 1. The molecule has 1 aliphatic rings. The highest BCUT2D eigenvalue weighted by atomic mass is 16.1. The number of aryl methyl sites for hydroxylation is 1. The molecule has 0 bridgehead atoms. The van der Waals surface area contributed by atoms with Crippen molar-refractivity contribution in [2.45, 2.75) is 32.7 Å². The second-order valence-electron chi connectivity index (χ2n) is 4.43. The summed E-state index contributed by atoms with van der Waals surface area (Å²) in [5, 5.41) is 3.04. The van der Waals surface area contributed by atoms with E-state index in [2.05, 4.69) is 36.5 Å². The van der Waals surface area contributed by atoms with Crippen LogP contribution in [0.3, 0.4) is 0 Å². The Morgan fingerprint density at radius 2 is 1.93 bits per heavy atom. The van der Waals surface area contributed by atoms with Crippen LogP contribution in [0.4, 0.5) is 0 Å². The molecule has 0 aromatic heterocycles. The molecule has 0 spiro atoms. The Morgan fingerprint density at radius 1 is 1.33 bits per heavy atom. The summed E-state index contributed by atoms with van der Waals surface area (Å²) in [5.41, 5.74) is 2.49. The van der Waals surface area contributed by atoms with Gasteiger partial charge in [-0.1, -0.05) is 29.8 Å². The van der Waals surface area contributed by atoms with Crippen LogP contribution in [0.1, 0.15) is 36.9 Å². The first-order valence-corrected chi connectivity index (χ1v) is 5.50. The quantitative estimate of drug-likeness (QED) is 0.803. The third-order valence-electron chi connectivity index (χ3n) is 2.89. The standard InChI is InChI=1S/C13H17NO/c1-9-3-5-11(6-4-9)13(12-7-8-12)14-10(2)15/h3-6,12-13H,7-8H2,1-2H3,(H,14,15). The van der Waals surface area contributed by atoms with Gasteiger partial charge in [-0.25, -0.2) is 0 Å². The van der Waals surface area contributed by atoms with E-state index in [0.717, 1.165) is 0 Å². The first kappa shape index (κ1) is 10.2. The molecule has 1 unspecified atom stereocenters. The van der Waals surface area contributed by atoms with E-state index < -0.39 is 0 Å². The molecule has 1 N–H and O–H groups in total. The van der Waals surface area contributed by atoms with Gasteiger partial charge < -0.3 is 5.32 Å².